The fraction of sp³-hybridized carbons (Fsp3) is 0.214. The highest BCUT2D eigenvalue weighted by atomic mass is 35.5. The van der Waals surface area contributed by atoms with Crippen LogP contribution in [0.5, 0.6) is 0 Å². The van der Waals surface area contributed by atoms with Gasteiger partial charge in [-0.1, -0.05) is 35.9 Å². The topological polar surface area (TPSA) is 33.1 Å². The molecule has 94 valence electrons. The summed E-state index contributed by atoms with van der Waals surface area (Å²) in [6, 6.07) is 11.6. The van der Waals surface area contributed by atoms with Gasteiger partial charge in [0, 0.05) is 17.0 Å². The van der Waals surface area contributed by atoms with Gasteiger partial charge in [0.1, 0.15) is 0 Å². The first-order valence-corrected chi connectivity index (χ1v) is 7.03. The van der Waals surface area contributed by atoms with Crippen LogP contribution in [0, 0.1) is 0 Å². The minimum absolute atomic E-state index is 0.472. The molecule has 0 saturated carbocycles. The number of aliphatic hydroxyl groups is 1. The van der Waals surface area contributed by atoms with Gasteiger partial charge in [-0.15, -0.1) is 11.8 Å². The molecule has 0 amide bonds. The Balaban J connectivity index is 2.00. The predicted molar refractivity (Wildman–Crippen MR) is 75.9 cm³/mol. The van der Waals surface area contributed by atoms with Gasteiger partial charge in [0.15, 0.2) is 0 Å². The van der Waals surface area contributed by atoms with Crippen LogP contribution >= 0.6 is 23.4 Å². The van der Waals surface area contributed by atoms with Gasteiger partial charge in [-0.25, -0.2) is 4.98 Å². The zero-order valence-corrected chi connectivity index (χ0v) is 11.6. The predicted octanol–water partition coefficient (Wildman–Crippen LogP) is 4.08. The van der Waals surface area contributed by atoms with Crippen molar-refractivity contribution in [2.75, 3.05) is 0 Å². The summed E-state index contributed by atoms with van der Waals surface area (Å²) in [4.78, 5) is 4.30. The van der Waals surface area contributed by atoms with E-state index in [1.807, 2.05) is 36.4 Å². The maximum absolute atomic E-state index is 9.39. The van der Waals surface area contributed by atoms with Crippen molar-refractivity contribution in [3.05, 3.63) is 58.7 Å². The molecule has 2 aromatic rings. The minimum Gasteiger partial charge on any atom is -0.389 e. The fourth-order valence-corrected chi connectivity index (χ4v) is 2.62. The van der Waals surface area contributed by atoms with E-state index in [0.717, 1.165) is 26.9 Å². The molecule has 0 aliphatic carbocycles. The van der Waals surface area contributed by atoms with E-state index in [4.69, 9.17) is 11.6 Å². The Labute approximate surface area is 116 Å². The van der Waals surface area contributed by atoms with Gasteiger partial charge in [0.05, 0.1) is 11.1 Å². The van der Waals surface area contributed by atoms with Crippen LogP contribution in [0.3, 0.4) is 0 Å². The van der Waals surface area contributed by atoms with Gasteiger partial charge in [-0.3, -0.25) is 0 Å². The van der Waals surface area contributed by atoms with Crippen molar-refractivity contribution in [3.63, 3.8) is 0 Å². The lowest BCUT2D eigenvalue weighted by molar-refractivity contribution is 0.198. The molecule has 1 aromatic heterocycles. The molecule has 1 unspecified atom stereocenters. The molecule has 2 nitrogen and oxygen atoms in total. The summed E-state index contributed by atoms with van der Waals surface area (Å²) in [5.41, 5.74) is 1.93. The van der Waals surface area contributed by atoms with Crippen molar-refractivity contribution in [1.82, 2.24) is 4.98 Å². The van der Waals surface area contributed by atoms with Crippen molar-refractivity contribution in [2.24, 2.45) is 0 Å². The summed E-state index contributed by atoms with van der Waals surface area (Å²) >= 11 is 7.72. The number of pyridine rings is 1. The highest BCUT2D eigenvalue weighted by molar-refractivity contribution is 7.98. The Morgan fingerprint density at radius 1 is 1.28 bits per heavy atom. The lowest BCUT2D eigenvalue weighted by atomic mass is 10.2. The van der Waals surface area contributed by atoms with E-state index < -0.39 is 6.10 Å². The summed E-state index contributed by atoms with van der Waals surface area (Å²) in [5.74, 6) is 0.792. The van der Waals surface area contributed by atoms with E-state index in [-0.39, 0.29) is 0 Å². The SMILES string of the molecule is CC(O)c1ccc(SCc2ccccc2Cl)nc1. The number of halogens is 1. The van der Waals surface area contributed by atoms with Crippen LogP contribution in [0.1, 0.15) is 24.2 Å². The molecule has 0 spiro atoms. The van der Waals surface area contributed by atoms with E-state index in [1.54, 1.807) is 24.9 Å². The number of hydrogen-bond donors (Lipinski definition) is 1. The number of nitrogens with zero attached hydrogens (tertiary/aromatic N) is 1. The summed E-state index contributed by atoms with van der Waals surface area (Å²) in [6.07, 6.45) is 1.24. The lowest BCUT2D eigenvalue weighted by Crippen LogP contribution is -1.92. The molecule has 1 heterocycles. The lowest BCUT2D eigenvalue weighted by Gasteiger charge is -2.06. The molecule has 0 aliphatic rings. The highest BCUT2D eigenvalue weighted by Gasteiger charge is 2.03. The van der Waals surface area contributed by atoms with Crippen LogP contribution in [0.25, 0.3) is 0 Å². The standard InChI is InChI=1S/C14H14ClNOS/c1-10(17)11-6-7-14(16-8-11)18-9-12-4-2-3-5-13(12)15/h2-8,10,17H,9H2,1H3. The Hall–Kier alpha value is -1.03. The second-order valence-corrected chi connectivity index (χ2v) is 5.39. The van der Waals surface area contributed by atoms with Gasteiger partial charge < -0.3 is 5.11 Å². The molecule has 2 rings (SSSR count). The van der Waals surface area contributed by atoms with E-state index in [9.17, 15) is 5.11 Å². The number of aliphatic hydroxyl groups excluding tert-OH is 1. The minimum atomic E-state index is -0.472. The number of aromatic nitrogens is 1. The Kier molecular flexibility index (Phi) is 4.64. The molecule has 18 heavy (non-hydrogen) atoms. The first-order valence-electron chi connectivity index (χ1n) is 5.67. The van der Waals surface area contributed by atoms with E-state index >= 15 is 0 Å². The van der Waals surface area contributed by atoms with E-state index in [0.29, 0.717) is 0 Å². The molecule has 0 radical (unpaired) electrons. The largest absolute Gasteiger partial charge is 0.389 e. The Bertz CT molecular complexity index is 513. The van der Waals surface area contributed by atoms with Gasteiger partial charge in [-0.2, -0.15) is 0 Å². The van der Waals surface area contributed by atoms with Crippen LogP contribution < -0.4 is 0 Å². The normalized spacial score (nSPS) is 12.4. The monoisotopic (exact) mass is 279 g/mol. The van der Waals surface area contributed by atoms with Crippen LogP contribution in [0.15, 0.2) is 47.6 Å². The third-order valence-corrected chi connectivity index (χ3v) is 3.94. The maximum Gasteiger partial charge on any atom is 0.0963 e. The molecule has 1 aromatic carbocycles. The number of benzene rings is 1. The van der Waals surface area contributed by atoms with Crippen LogP contribution in [-0.4, -0.2) is 10.1 Å². The second kappa shape index (κ2) is 6.23. The van der Waals surface area contributed by atoms with Crippen molar-refractivity contribution in [3.8, 4) is 0 Å². The zero-order valence-electron chi connectivity index (χ0n) is 10.0. The average molecular weight is 280 g/mol. The maximum atomic E-state index is 9.39. The summed E-state index contributed by atoms with van der Waals surface area (Å²) in [6.45, 7) is 1.73. The first-order chi connectivity index (χ1) is 8.66. The van der Waals surface area contributed by atoms with Crippen LogP contribution in [0.2, 0.25) is 5.02 Å². The zero-order chi connectivity index (χ0) is 13.0. The van der Waals surface area contributed by atoms with Gasteiger partial charge in [0.25, 0.3) is 0 Å². The third-order valence-electron chi connectivity index (χ3n) is 2.58. The van der Waals surface area contributed by atoms with E-state index in [1.165, 1.54) is 0 Å². The molecule has 0 fully saturated rings. The van der Waals surface area contributed by atoms with Crippen molar-refractivity contribution < 1.29 is 5.11 Å². The molecular weight excluding hydrogens is 266 g/mol. The van der Waals surface area contributed by atoms with Crippen molar-refractivity contribution in [2.45, 2.75) is 23.8 Å². The molecule has 1 atom stereocenters. The molecule has 0 saturated heterocycles. The highest BCUT2D eigenvalue weighted by Crippen LogP contribution is 2.25. The van der Waals surface area contributed by atoms with Gasteiger partial charge in [-0.05, 0) is 30.2 Å². The molecule has 1 N–H and O–H groups in total. The van der Waals surface area contributed by atoms with E-state index in [2.05, 4.69) is 4.98 Å². The fourth-order valence-electron chi connectivity index (χ4n) is 1.49. The number of rotatable bonds is 4. The summed E-state index contributed by atoms with van der Waals surface area (Å²) in [7, 11) is 0. The van der Waals surface area contributed by atoms with Gasteiger partial charge >= 0.3 is 0 Å². The van der Waals surface area contributed by atoms with Gasteiger partial charge in [0.2, 0.25) is 0 Å². The third kappa shape index (κ3) is 3.48. The first kappa shape index (κ1) is 13.4. The molecule has 0 bridgehead atoms. The van der Waals surface area contributed by atoms with Crippen LogP contribution in [0.4, 0.5) is 0 Å². The van der Waals surface area contributed by atoms with Crippen molar-refractivity contribution >= 4 is 23.4 Å². The smallest absolute Gasteiger partial charge is 0.0963 e. The van der Waals surface area contributed by atoms with Crippen molar-refractivity contribution in [1.29, 1.82) is 0 Å². The van der Waals surface area contributed by atoms with Crippen LogP contribution in [-0.2, 0) is 5.75 Å². The molecule has 4 heteroatoms. The Morgan fingerprint density at radius 2 is 2.06 bits per heavy atom. The second-order valence-electron chi connectivity index (χ2n) is 3.99. The Morgan fingerprint density at radius 3 is 2.67 bits per heavy atom. The summed E-state index contributed by atoms with van der Waals surface area (Å²) < 4.78 is 0. The number of hydrogen-bond acceptors (Lipinski definition) is 3. The molecule has 0 aliphatic heterocycles. The summed E-state index contributed by atoms with van der Waals surface area (Å²) in [5, 5.41) is 11.1. The molecular formula is C14H14ClNOS. The quantitative estimate of drug-likeness (QED) is 0.856. The average Bonchev–Trinajstić information content (AvgIpc) is 2.38. The number of thioether (sulfide) groups is 1.